The molecule has 0 bridgehead atoms. The van der Waals surface area contributed by atoms with Crippen LogP contribution in [0.3, 0.4) is 0 Å². The molecule has 140 valence electrons. The highest BCUT2D eigenvalue weighted by molar-refractivity contribution is 7.90. The zero-order valence-electron chi connectivity index (χ0n) is 14.5. The molecule has 0 aliphatic carbocycles. The summed E-state index contributed by atoms with van der Waals surface area (Å²) in [5.41, 5.74) is 2.54. The number of rotatable bonds is 3. The summed E-state index contributed by atoms with van der Waals surface area (Å²) < 4.78 is 28.8. The Morgan fingerprint density at radius 3 is 2.93 bits per heavy atom. The van der Waals surface area contributed by atoms with E-state index < -0.39 is 9.84 Å². The van der Waals surface area contributed by atoms with Gasteiger partial charge in [0, 0.05) is 54.7 Å². The molecule has 1 aromatic carbocycles. The predicted molar refractivity (Wildman–Crippen MR) is 100 cm³/mol. The van der Waals surface area contributed by atoms with Gasteiger partial charge in [0.1, 0.15) is 5.58 Å². The van der Waals surface area contributed by atoms with Crippen LogP contribution in [0.15, 0.2) is 45.0 Å². The number of benzene rings is 1. The molecule has 7 nitrogen and oxygen atoms in total. The van der Waals surface area contributed by atoms with Gasteiger partial charge in [-0.2, -0.15) is 0 Å². The summed E-state index contributed by atoms with van der Waals surface area (Å²) in [6, 6.07) is 4.97. The molecule has 3 heterocycles. The first-order valence-electron chi connectivity index (χ1n) is 8.28. The van der Waals surface area contributed by atoms with E-state index in [4.69, 9.17) is 16.0 Å². The Bertz CT molecular complexity index is 1210. The van der Waals surface area contributed by atoms with Gasteiger partial charge in [-0.05, 0) is 18.2 Å². The minimum atomic E-state index is -3.43. The zero-order valence-corrected chi connectivity index (χ0v) is 16.0. The van der Waals surface area contributed by atoms with Crippen LogP contribution >= 0.6 is 11.6 Å². The van der Waals surface area contributed by atoms with Crippen molar-refractivity contribution in [1.82, 2.24) is 14.9 Å². The lowest BCUT2D eigenvalue weighted by molar-refractivity contribution is 0.240. The molecule has 0 spiro atoms. The molecule has 1 aliphatic heterocycles. The number of sulfone groups is 1. The molecule has 1 aliphatic rings. The maximum absolute atomic E-state index is 12.7. The van der Waals surface area contributed by atoms with E-state index >= 15 is 0 Å². The van der Waals surface area contributed by atoms with Crippen LogP contribution in [0.1, 0.15) is 16.8 Å². The third kappa shape index (κ3) is 3.60. The van der Waals surface area contributed by atoms with Crippen LogP contribution in [-0.4, -0.2) is 36.1 Å². The molecule has 2 aromatic heterocycles. The molecule has 9 heteroatoms. The summed E-state index contributed by atoms with van der Waals surface area (Å²) in [7, 11) is -3.43. The molecule has 0 saturated carbocycles. The third-order valence-corrected chi connectivity index (χ3v) is 5.62. The fraction of sp³-hybridized carbons (Fsp3) is 0.278. The Balaban J connectivity index is 1.59. The fourth-order valence-electron chi connectivity index (χ4n) is 3.16. The normalized spacial score (nSPS) is 15.0. The average molecular weight is 406 g/mol. The average Bonchev–Trinajstić information content (AvgIpc) is 2.63. The summed E-state index contributed by atoms with van der Waals surface area (Å²) in [4.78, 5) is 22.9. The van der Waals surface area contributed by atoms with E-state index in [0.29, 0.717) is 47.6 Å². The lowest BCUT2D eigenvalue weighted by Crippen LogP contribution is -2.32. The first-order valence-corrected chi connectivity index (χ1v) is 10.6. The van der Waals surface area contributed by atoms with Crippen molar-refractivity contribution in [3.63, 3.8) is 0 Å². The lowest BCUT2D eigenvalue weighted by Gasteiger charge is -2.27. The van der Waals surface area contributed by atoms with Crippen LogP contribution in [0.4, 0.5) is 0 Å². The van der Waals surface area contributed by atoms with E-state index in [-0.39, 0.29) is 10.6 Å². The van der Waals surface area contributed by atoms with Crippen LogP contribution in [0.5, 0.6) is 0 Å². The van der Waals surface area contributed by atoms with E-state index in [1.54, 1.807) is 24.4 Å². The molecule has 0 unspecified atom stereocenters. The molecule has 0 N–H and O–H groups in total. The number of aromatic nitrogens is 2. The van der Waals surface area contributed by atoms with Gasteiger partial charge in [0.25, 0.3) is 0 Å². The van der Waals surface area contributed by atoms with Crippen molar-refractivity contribution in [2.24, 2.45) is 0 Å². The molecule has 0 atom stereocenters. The van der Waals surface area contributed by atoms with Crippen molar-refractivity contribution in [1.29, 1.82) is 0 Å². The summed E-state index contributed by atoms with van der Waals surface area (Å²) in [6.45, 7) is 1.60. The van der Waals surface area contributed by atoms with Gasteiger partial charge in [-0.15, -0.1) is 0 Å². The van der Waals surface area contributed by atoms with Crippen molar-refractivity contribution in [3.05, 3.63) is 62.7 Å². The SMILES string of the molecule is CS(=O)(=O)c1ncc2c(n1)CCN(Cc1coc3ccc(Cl)cc3c1=O)C2. The first kappa shape index (κ1) is 18.1. The molecule has 0 amide bonds. The van der Waals surface area contributed by atoms with Gasteiger partial charge in [0.2, 0.25) is 15.0 Å². The molecular weight excluding hydrogens is 390 g/mol. The van der Waals surface area contributed by atoms with E-state index in [1.807, 2.05) is 0 Å². The minimum absolute atomic E-state index is 0.103. The number of fused-ring (bicyclic) bond motifs is 2. The Labute approximate surface area is 160 Å². The van der Waals surface area contributed by atoms with Gasteiger partial charge in [-0.1, -0.05) is 11.6 Å². The van der Waals surface area contributed by atoms with Gasteiger partial charge in [0.15, 0.2) is 5.43 Å². The quantitative estimate of drug-likeness (QED) is 0.616. The summed E-state index contributed by atoms with van der Waals surface area (Å²) >= 11 is 5.99. The molecule has 27 heavy (non-hydrogen) atoms. The topological polar surface area (TPSA) is 93.4 Å². The largest absolute Gasteiger partial charge is 0.464 e. The predicted octanol–water partition coefficient (Wildman–Crippen LogP) is 2.20. The van der Waals surface area contributed by atoms with Gasteiger partial charge < -0.3 is 4.42 Å². The monoisotopic (exact) mass is 405 g/mol. The lowest BCUT2D eigenvalue weighted by atomic mass is 10.1. The number of nitrogens with zero attached hydrogens (tertiary/aromatic N) is 3. The molecule has 0 fully saturated rings. The van der Waals surface area contributed by atoms with Crippen LogP contribution in [0.25, 0.3) is 11.0 Å². The smallest absolute Gasteiger partial charge is 0.246 e. The highest BCUT2D eigenvalue weighted by Gasteiger charge is 2.22. The minimum Gasteiger partial charge on any atom is -0.464 e. The molecule has 4 rings (SSSR count). The van der Waals surface area contributed by atoms with Crippen LogP contribution in [-0.2, 0) is 29.3 Å². The van der Waals surface area contributed by atoms with Crippen LogP contribution in [0.2, 0.25) is 5.02 Å². The second kappa shape index (κ2) is 6.70. The van der Waals surface area contributed by atoms with E-state index in [2.05, 4.69) is 14.9 Å². The van der Waals surface area contributed by atoms with E-state index in [0.717, 1.165) is 17.5 Å². The van der Waals surface area contributed by atoms with Crippen LogP contribution < -0.4 is 5.43 Å². The van der Waals surface area contributed by atoms with Crippen molar-refractivity contribution >= 4 is 32.4 Å². The molecule has 3 aromatic rings. The first-order chi connectivity index (χ1) is 12.8. The standard InChI is InChI=1S/C18H16ClN3O4S/c1-27(24,25)18-20-7-11-8-22(5-4-15(11)21-18)9-12-10-26-16-3-2-13(19)6-14(16)17(12)23/h2-3,6-7,10H,4-5,8-9H2,1H3. The summed E-state index contributed by atoms with van der Waals surface area (Å²) in [6.07, 6.45) is 4.71. The van der Waals surface area contributed by atoms with Gasteiger partial charge >= 0.3 is 0 Å². The van der Waals surface area contributed by atoms with Crippen LogP contribution in [0, 0.1) is 0 Å². The third-order valence-electron chi connectivity index (χ3n) is 4.52. The van der Waals surface area contributed by atoms with Crippen molar-refractivity contribution in [3.8, 4) is 0 Å². The Hall–Kier alpha value is -2.29. The Morgan fingerprint density at radius 2 is 2.15 bits per heavy atom. The van der Waals surface area contributed by atoms with E-state index in [1.165, 1.54) is 6.26 Å². The van der Waals surface area contributed by atoms with Crippen molar-refractivity contribution in [2.75, 3.05) is 12.8 Å². The maximum atomic E-state index is 12.7. The fourth-order valence-corrected chi connectivity index (χ4v) is 3.86. The highest BCUT2D eigenvalue weighted by atomic mass is 35.5. The highest BCUT2D eigenvalue weighted by Crippen LogP contribution is 2.21. The molecule has 0 saturated heterocycles. The number of halogens is 1. The van der Waals surface area contributed by atoms with Crippen molar-refractivity contribution < 1.29 is 12.8 Å². The second-order valence-electron chi connectivity index (χ2n) is 6.59. The van der Waals surface area contributed by atoms with Gasteiger partial charge in [0.05, 0.1) is 17.3 Å². The molecule has 0 radical (unpaired) electrons. The Kier molecular flexibility index (Phi) is 4.49. The molecular formula is C18H16ClN3O4S. The zero-order chi connectivity index (χ0) is 19.2. The van der Waals surface area contributed by atoms with Gasteiger partial charge in [-0.3, -0.25) is 9.69 Å². The number of hydrogen-bond donors (Lipinski definition) is 0. The Morgan fingerprint density at radius 1 is 1.33 bits per heavy atom. The van der Waals surface area contributed by atoms with E-state index in [9.17, 15) is 13.2 Å². The second-order valence-corrected chi connectivity index (χ2v) is 8.93. The summed E-state index contributed by atoms with van der Waals surface area (Å²) in [5.74, 6) is 0. The summed E-state index contributed by atoms with van der Waals surface area (Å²) in [5, 5.41) is 0.790. The van der Waals surface area contributed by atoms with Crippen molar-refractivity contribution in [2.45, 2.75) is 24.7 Å². The maximum Gasteiger partial charge on any atom is 0.246 e. The number of hydrogen-bond acceptors (Lipinski definition) is 7. The van der Waals surface area contributed by atoms with Gasteiger partial charge in [-0.25, -0.2) is 18.4 Å².